The van der Waals surface area contributed by atoms with Crippen molar-refractivity contribution >= 4 is 21.6 Å². The Morgan fingerprint density at radius 1 is 1.33 bits per heavy atom. The minimum Gasteiger partial charge on any atom is -0.377 e. The lowest BCUT2D eigenvalue weighted by Gasteiger charge is -2.33. The molecule has 0 aromatic heterocycles. The van der Waals surface area contributed by atoms with Gasteiger partial charge in [0.05, 0.1) is 23.1 Å². The Bertz CT molecular complexity index is 658. The van der Waals surface area contributed by atoms with E-state index in [0.717, 1.165) is 12.8 Å². The molecule has 1 aliphatic rings. The van der Waals surface area contributed by atoms with Gasteiger partial charge in [0.1, 0.15) is 0 Å². The van der Waals surface area contributed by atoms with E-state index in [1.165, 1.54) is 0 Å². The van der Waals surface area contributed by atoms with Crippen LogP contribution in [0.3, 0.4) is 0 Å². The minimum absolute atomic E-state index is 0.0334. The normalized spacial score (nSPS) is 18.4. The fourth-order valence-corrected chi connectivity index (χ4v) is 4.06. The molecule has 6 nitrogen and oxygen atoms in total. The third-order valence-electron chi connectivity index (χ3n) is 3.96. The Balaban J connectivity index is 2.17. The molecule has 0 radical (unpaired) electrons. The van der Waals surface area contributed by atoms with Gasteiger partial charge in [0.25, 0.3) is 5.91 Å². The number of likely N-dealkylation sites (tertiary alicyclic amines) is 1. The van der Waals surface area contributed by atoms with Crippen molar-refractivity contribution in [2.75, 3.05) is 30.2 Å². The summed E-state index contributed by atoms with van der Waals surface area (Å²) in [6, 6.07) is 6.76. The highest BCUT2D eigenvalue weighted by molar-refractivity contribution is 7.92. The number of carbonyl (C=O) groups excluding carboxylic acids is 1. The lowest BCUT2D eigenvalue weighted by Crippen LogP contribution is -2.43. The quantitative estimate of drug-likeness (QED) is 0.816. The molecule has 1 aromatic carbocycles. The molecule has 1 saturated heterocycles. The fraction of sp³-hybridized carbons (Fsp3) is 0.588. The molecule has 1 N–H and O–H groups in total. The van der Waals surface area contributed by atoms with E-state index in [4.69, 9.17) is 4.74 Å². The van der Waals surface area contributed by atoms with E-state index in [-0.39, 0.29) is 17.8 Å². The largest absolute Gasteiger partial charge is 0.377 e. The summed E-state index contributed by atoms with van der Waals surface area (Å²) < 4.78 is 32.2. The SMILES string of the molecule is CCCS(=O)(=O)Nc1ccccc1C(=O)N1CCCC(OCC)C1. The molecule has 1 amide bonds. The molecule has 24 heavy (non-hydrogen) atoms. The summed E-state index contributed by atoms with van der Waals surface area (Å²) >= 11 is 0. The number of ether oxygens (including phenoxy) is 1. The number of amides is 1. The Kier molecular flexibility index (Phi) is 6.62. The van der Waals surface area contributed by atoms with Crippen molar-refractivity contribution < 1.29 is 17.9 Å². The fourth-order valence-electron chi connectivity index (χ4n) is 2.91. The molecule has 1 unspecified atom stereocenters. The number of nitrogens with zero attached hydrogens (tertiary/aromatic N) is 1. The first kappa shape index (κ1) is 18.7. The summed E-state index contributed by atoms with van der Waals surface area (Å²) in [5.41, 5.74) is 0.726. The molecular formula is C17H26N2O4S. The summed E-state index contributed by atoms with van der Waals surface area (Å²) in [6.45, 7) is 5.58. The molecule has 0 spiro atoms. The van der Waals surface area contributed by atoms with Gasteiger partial charge in [-0.2, -0.15) is 0 Å². The maximum atomic E-state index is 12.8. The standard InChI is InChI=1S/C17H26N2O4S/c1-3-12-24(21,22)18-16-10-6-5-9-15(16)17(20)19-11-7-8-14(13-19)23-4-2/h5-6,9-10,14,18H,3-4,7-8,11-13H2,1-2H3. The van der Waals surface area contributed by atoms with E-state index >= 15 is 0 Å². The average molecular weight is 354 g/mol. The highest BCUT2D eigenvalue weighted by atomic mass is 32.2. The molecule has 1 heterocycles. The van der Waals surface area contributed by atoms with Gasteiger partial charge >= 0.3 is 0 Å². The van der Waals surface area contributed by atoms with E-state index in [2.05, 4.69) is 4.72 Å². The van der Waals surface area contributed by atoms with E-state index in [1.54, 1.807) is 36.1 Å². The lowest BCUT2D eigenvalue weighted by molar-refractivity contribution is 0.00728. The number of hydrogen-bond donors (Lipinski definition) is 1. The molecule has 7 heteroatoms. The van der Waals surface area contributed by atoms with Gasteiger partial charge in [-0.15, -0.1) is 0 Å². The van der Waals surface area contributed by atoms with E-state index < -0.39 is 10.0 Å². The smallest absolute Gasteiger partial charge is 0.256 e. The third-order valence-corrected chi connectivity index (χ3v) is 5.44. The van der Waals surface area contributed by atoms with E-state index in [9.17, 15) is 13.2 Å². The second-order valence-corrected chi connectivity index (χ2v) is 7.78. The van der Waals surface area contributed by atoms with Crippen molar-refractivity contribution in [3.8, 4) is 0 Å². The zero-order valence-corrected chi connectivity index (χ0v) is 15.1. The monoisotopic (exact) mass is 354 g/mol. The van der Waals surface area contributed by atoms with Gasteiger partial charge in [0, 0.05) is 19.7 Å². The number of carbonyl (C=O) groups is 1. The van der Waals surface area contributed by atoms with Crippen molar-refractivity contribution in [2.45, 2.75) is 39.2 Å². The lowest BCUT2D eigenvalue weighted by atomic mass is 10.1. The number of para-hydroxylation sites is 1. The van der Waals surface area contributed by atoms with Crippen LogP contribution in [0.15, 0.2) is 24.3 Å². The minimum atomic E-state index is -3.44. The first-order valence-corrected chi connectivity index (χ1v) is 10.1. The first-order chi connectivity index (χ1) is 11.5. The molecule has 134 valence electrons. The predicted molar refractivity (Wildman–Crippen MR) is 94.7 cm³/mol. The van der Waals surface area contributed by atoms with Crippen LogP contribution in [0.4, 0.5) is 5.69 Å². The maximum absolute atomic E-state index is 12.8. The van der Waals surface area contributed by atoms with Crippen LogP contribution in [0, 0.1) is 0 Å². The Morgan fingerprint density at radius 3 is 2.79 bits per heavy atom. The average Bonchev–Trinajstić information content (AvgIpc) is 2.55. The second kappa shape index (κ2) is 8.48. The third kappa shape index (κ3) is 4.95. The topological polar surface area (TPSA) is 75.7 Å². The predicted octanol–water partition coefficient (Wildman–Crippen LogP) is 2.48. The van der Waals surface area contributed by atoms with Gasteiger partial charge in [-0.3, -0.25) is 9.52 Å². The highest BCUT2D eigenvalue weighted by Gasteiger charge is 2.26. The maximum Gasteiger partial charge on any atom is 0.256 e. The number of anilines is 1. The van der Waals surface area contributed by atoms with Crippen LogP contribution in [0.25, 0.3) is 0 Å². The van der Waals surface area contributed by atoms with Crippen molar-refractivity contribution in [1.82, 2.24) is 4.90 Å². The molecule has 0 bridgehead atoms. The van der Waals surface area contributed by atoms with Gasteiger partial charge in [-0.25, -0.2) is 8.42 Å². The molecule has 1 aliphatic heterocycles. The van der Waals surface area contributed by atoms with Crippen LogP contribution < -0.4 is 4.72 Å². The van der Waals surface area contributed by atoms with Gasteiger partial charge in [-0.05, 0) is 38.3 Å². The van der Waals surface area contributed by atoms with Crippen LogP contribution in [-0.2, 0) is 14.8 Å². The zero-order valence-electron chi connectivity index (χ0n) is 14.3. The number of rotatable bonds is 7. The van der Waals surface area contributed by atoms with Gasteiger partial charge < -0.3 is 9.64 Å². The summed E-state index contributed by atoms with van der Waals surface area (Å²) in [7, 11) is -3.44. The Morgan fingerprint density at radius 2 is 2.08 bits per heavy atom. The molecule has 1 aromatic rings. The number of benzene rings is 1. The molecule has 0 aliphatic carbocycles. The van der Waals surface area contributed by atoms with Crippen molar-refractivity contribution in [2.24, 2.45) is 0 Å². The second-order valence-electron chi connectivity index (χ2n) is 5.94. The number of sulfonamides is 1. The molecule has 1 fully saturated rings. The van der Waals surface area contributed by atoms with E-state index in [0.29, 0.717) is 37.4 Å². The van der Waals surface area contributed by atoms with Gasteiger partial charge in [0.15, 0.2) is 0 Å². The van der Waals surface area contributed by atoms with Crippen molar-refractivity contribution in [3.05, 3.63) is 29.8 Å². The van der Waals surface area contributed by atoms with Crippen LogP contribution in [0.2, 0.25) is 0 Å². The first-order valence-electron chi connectivity index (χ1n) is 8.47. The van der Waals surface area contributed by atoms with Crippen LogP contribution >= 0.6 is 0 Å². The molecule has 2 rings (SSSR count). The Labute approximate surface area is 144 Å². The van der Waals surface area contributed by atoms with Gasteiger partial charge in [0.2, 0.25) is 10.0 Å². The number of nitrogens with one attached hydrogen (secondary N) is 1. The van der Waals surface area contributed by atoms with E-state index in [1.807, 2.05) is 6.92 Å². The van der Waals surface area contributed by atoms with Crippen LogP contribution in [0.1, 0.15) is 43.5 Å². The number of piperidine rings is 1. The summed E-state index contributed by atoms with van der Waals surface area (Å²) in [6.07, 6.45) is 2.41. The zero-order chi connectivity index (χ0) is 17.6. The summed E-state index contributed by atoms with van der Waals surface area (Å²) in [5.74, 6) is -0.125. The molecule has 1 atom stereocenters. The van der Waals surface area contributed by atoms with Crippen LogP contribution in [0.5, 0.6) is 0 Å². The van der Waals surface area contributed by atoms with Crippen LogP contribution in [-0.4, -0.2) is 50.8 Å². The molecule has 0 saturated carbocycles. The Hall–Kier alpha value is -1.60. The van der Waals surface area contributed by atoms with Gasteiger partial charge in [-0.1, -0.05) is 19.1 Å². The summed E-state index contributed by atoms with van der Waals surface area (Å²) in [4.78, 5) is 14.6. The molecular weight excluding hydrogens is 328 g/mol. The number of hydrogen-bond acceptors (Lipinski definition) is 4. The van der Waals surface area contributed by atoms with Crippen molar-refractivity contribution in [1.29, 1.82) is 0 Å². The van der Waals surface area contributed by atoms with Crippen molar-refractivity contribution in [3.63, 3.8) is 0 Å². The summed E-state index contributed by atoms with van der Waals surface area (Å²) in [5, 5.41) is 0. The highest BCUT2D eigenvalue weighted by Crippen LogP contribution is 2.22.